The van der Waals surface area contributed by atoms with E-state index in [-0.39, 0.29) is 11.3 Å². The second kappa shape index (κ2) is 5.55. The van der Waals surface area contributed by atoms with Gasteiger partial charge in [0, 0.05) is 0 Å². The molecule has 1 aromatic carbocycles. The Labute approximate surface area is 121 Å². The number of benzene rings is 1. The van der Waals surface area contributed by atoms with E-state index in [0.717, 1.165) is 12.1 Å². The van der Waals surface area contributed by atoms with Crippen LogP contribution < -0.4 is 4.90 Å². The first-order chi connectivity index (χ1) is 10.3. The fraction of sp³-hybridized carbons (Fsp3) is 0.0909. The Kier molecular flexibility index (Phi) is 3.79. The maximum atomic E-state index is 13.3. The van der Waals surface area contributed by atoms with Gasteiger partial charge < -0.3 is 15.2 Å². The Morgan fingerprint density at radius 1 is 1.50 bits per heavy atom. The lowest BCUT2D eigenvalue weighted by molar-refractivity contribution is -0.391. The van der Waals surface area contributed by atoms with E-state index in [1.54, 1.807) is 0 Å². The van der Waals surface area contributed by atoms with Crippen LogP contribution in [-0.2, 0) is 0 Å². The number of halogens is 1. The summed E-state index contributed by atoms with van der Waals surface area (Å²) in [6, 6.07) is 3.31. The van der Waals surface area contributed by atoms with Gasteiger partial charge in [-0.2, -0.15) is 0 Å². The van der Waals surface area contributed by atoms with E-state index in [1.165, 1.54) is 13.0 Å². The van der Waals surface area contributed by atoms with Gasteiger partial charge in [-0.25, -0.2) is 14.1 Å². The summed E-state index contributed by atoms with van der Waals surface area (Å²) in [6.45, 7) is 1.41. The molecular weight excluding hydrogens is 301 g/mol. The van der Waals surface area contributed by atoms with Crippen molar-refractivity contribution in [3.8, 4) is 0 Å². The van der Waals surface area contributed by atoms with E-state index in [0.29, 0.717) is 4.90 Å². The van der Waals surface area contributed by atoms with Gasteiger partial charge in [0.25, 0.3) is 5.69 Å². The molecule has 0 aliphatic rings. The third-order valence-electron chi connectivity index (χ3n) is 2.68. The molecule has 0 saturated heterocycles. The number of anilines is 1. The van der Waals surface area contributed by atoms with Gasteiger partial charge in [0.15, 0.2) is 11.0 Å². The molecule has 2 aromatic rings. The van der Waals surface area contributed by atoms with Gasteiger partial charge in [-0.3, -0.25) is 5.41 Å². The normalized spacial score (nSPS) is 10.3. The summed E-state index contributed by atoms with van der Waals surface area (Å²) in [5.74, 6) is -2.30. The van der Waals surface area contributed by atoms with E-state index in [1.807, 2.05) is 0 Å². The molecular formula is C11H8FN5O5. The van der Waals surface area contributed by atoms with Crippen molar-refractivity contribution < 1.29 is 23.8 Å². The molecule has 0 saturated carbocycles. The lowest BCUT2D eigenvalue weighted by Crippen LogP contribution is -2.36. The quantitative estimate of drug-likeness (QED) is 0.381. The zero-order valence-electron chi connectivity index (χ0n) is 11.0. The number of rotatable bonds is 3. The summed E-state index contributed by atoms with van der Waals surface area (Å²) in [5.41, 5.74) is -0.590. The maximum absolute atomic E-state index is 13.3. The molecule has 10 nitrogen and oxygen atoms in total. The number of aromatic nitrogens is 2. The van der Waals surface area contributed by atoms with Crippen molar-refractivity contribution in [1.29, 1.82) is 5.41 Å². The molecule has 0 fully saturated rings. The molecule has 11 heteroatoms. The van der Waals surface area contributed by atoms with Crippen LogP contribution in [0.3, 0.4) is 0 Å². The molecule has 0 aliphatic heterocycles. The SMILES string of the molecule is Cc1cc(N(C(=N)c2nonc2[N+](=O)[O-])C(=O)O)ccc1F. The first-order valence-electron chi connectivity index (χ1n) is 5.68. The zero-order chi connectivity index (χ0) is 16.4. The predicted molar refractivity (Wildman–Crippen MR) is 69.4 cm³/mol. The lowest BCUT2D eigenvalue weighted by atomic mass is 10.2. The minimum atomic E-state index is -1.60. The fourth-order valence-electron chi connectivity index (χ4n) is 1.66. The number of amides is 1. The largest absolute Gasteiger partial charge is 0.464 e. The third-order valence-corrected chi connectivity index (χ3v) is 2.68. The number of amidine groups is 1. The highest BCUT2D eigenvalue weighted by atomic mass is 19.1. The third kappa shape index (κ3) is 2.59. The lowest BCUT2D eigenvalue weighted by Gasteiger charge is -2.18. The fourth-order valence-corrected chi connectivity index (χ4v) is 1.66. The summed E-state index contributed by atoms with van der Waals surface area (Å²) < 4.78 is 17.4. The molecule has 0 bridgehead atoms. The van der Waals surface area contributed by atoms with Crippen LogP contribution in [0.25, 0.3) is 0 Å². The average molecular weight is 309 g/mol. The number of hydrogen-bond acceptors (Lipinski definition) is 7. The van der Waals surface area contributed by atoms with Crippen LogP contribution in [-0.4, -0.2) is 32.3 Å². The van der Waals surface area contributed by atoms with Crippen LogP contribution in [0.15, 0.2) is 22.8 Å². The highest BCUT2D eigenvalue weighted by Gasteiger charge is 2.32. The molecule has 1 aromatic heterocycles. The average Bonchev–Trinajstić information content (AvgIpc) is 2.92. The Morgan fingerprint density at radius 3 is 2.73 bits per heavy atom. The monoisotopic (exact) mass is 309 g/mol. The molecule has 0 unspecified atom stereocenters. The van der Waals surface area contributed by atoms with Crippen LogP contribution in [0, 0.1) is 28.3 Å². The van der Waals surface area contributed by atoms with Gasteiger partial charge in [0.1, 0.15) is 5.82 Å². The van der Waals surface area contributed by atoms with E-state index < -0.39 is 34.2 Å². The van der Waals surface area contributed by atoms with Crippen molar-refractivity contribution in [2.75, 3.05) is 4.90 Å². The zero-order valence-corrected chi connectivity index (χ0v) is 11.0. The Bertz CT molecular complexity index is 774. The number of hydrogen-bond donors (Lipinski definition) is 2. The minimum Gasteiger partial charge on any atom is -0.464 e. The van der Waals surface area contributed by atoms with E-state index in [4.69, 9.17) is 5.41 Å². The van der Waals surface area contributed by atoms with Crippen molar-refractivity contribution in [1.82, 2.24) is 10.3 Å². The topological polar surface area (TPSA) is 146 Å². The Morgan fingerprint density at radius 2 is 2.18 bits per heavy atom. The highest BCUT2D eigenvalue weighted by Crippen LogP contribution is 2.23. The standard InChI is InChI=1S/C11H8FN5O5/c1-5-4-6(2-3-7(5)12)16(11(18)19)9(13)8-10(17(20)21)15-22-14-8/h2-4,13H,1H3,(H,18,19). The Hall–Kier alpha value is -3.37. The molecule has 0 radical (unpaired) electrons. The number of carboxylic acid groups (broad SMARTS) is 1. The van der Waals surface area contributed by atoms with E-state index >= 15 is 0 Å². The molecule has 22 heavy (non-hydrogen) atoms. The number of aryl methyl sites for hydroxylation is 1. The highest BCUT2D eigenvalue weighted by molar-refractivity contribution is 6.20. The van der Waals surface area contributed by atoms with Crippen molar-refractivity contribution in [2.45, 2.75) is 6.92 Å². The van der Waals surface area contributed by atoms with Gasteiger partial charge >= 0.3 is 11.9 Å². The molecule has 1 amide bonds. The predicted octanol–water partition coefficient (Wildman–Crippen LogP) is 1.94. The van der Waals surface area contributed by atoms with Gasteiger partial charge in [0.2, 0.25) is 0 Å². The Balaban J connectivity index is 2.50. The van der Waals surface area contributed by atoms with E-state index in [2.05, 4.69) is 14.9 Å². The number of nitrogens with one attached hydrogen (secondary N) is 1. The second-order valence-corrected chi connectivity index (χ2v) is 4.09. The molecule has 0 atom stereocenters. The molecule has 0 spiro atoms. The van der Waals surface area contributed by atoms with E-state index in [9.17, 15) is 24.4 Å². The molecule has 0 aliphatic carbocycles. The van der Waals surface area contributed by atoms with Gasteiger partial charge in [0.05, 0.1) is 5.69 Å². The van der Waals surface area contributed by atoms with Crippen LogP contribution in [0.4, 0.5) is 20.7 Å². The summed E-state index contributed by atoms with van der Waals surface area (Å²) in [4.78, 5) is 21.5. The molecule has 2 N–H and O–H groups in total. The minimum absolute atomic E-state index is 0.0753. The first kappa shape index (κ1) is 15.0. The molecule has 2 rings (SSSR count). The van der Waals surface area contributed by atoms with Crippen molar-refractivity contribution >= 4 is 23.4 Å². The number of nitro groups is 1. The summed E-state index contributed by atoms with van der Waals surface area (Å²) in [7, 11) is 0. The van der Waals surface area contributed by atoms with Crippen molar-refractivity contribution in [3.63, 3.8) is 0 Å². The van der Waals surface area contributed by atoms with Crippen LogP contribution in [0.1, 0.15) is 11.3 Å². The van der Waals surface area contributed by atoms with Crippen LogP contribution in [0.5, 0.6) is 0 Å². The number of carbonyl (C=O) groups is 1. The van der Waals surface area contributed by atoms with Gasteiger partial charge in [-0.15, -0.1) is 4.63 Å². The summed E-state index contributed by atoms with van der Waals surface area (Å²) in [6.07, 6.45) is -1.60. The first-order valence-corrected chi connectivity index (χ1v) is 5.68. The molecule has 1 heterocycles. The van der Waals surface area contributed by atoms with Crippen molar-refractivity contribution in [2.24, 2.45) is 0 Å². The van der Waals surface area contributed by atoms with Crippen LogP contribution >= 0.6 is 0 Å². The van der Waals surface area contributed by atoms with Gasteiger partial charge in [-0.05, 0) is 40.8 Å². The maximum Gasteiger partial charge on any atom is 0.445 e. The van der Waals surface area contributed by atoms with Crippen molar-refractivity contribution in [3.05, 3.63) is 45.4 Å². The van der Waals surface area contributed by atoms with Gasteiger partial charge in [-0.1, -0.05) is 0 Å². The smallest absolute Gasteiger partial charge is 0.445 e. The number of nitrogens with zero attached hydrogens (tertiary/aromatic N) is 4. The summed E-state index contributed by atoms with van der Waals surface area (Å²) >= 11 is 0. The van der Waals surface area contributed by atoms with Crippen LogP contribution in [0.2, 0.25) is 0 Å². The summed E-state index contributed by atoms with van der Waals surface area (Å²) in [5, 5.41) is 34.0. The second-order valence-electron chi connectivity index (χ2n) is 4.09. The molecule has 114 valence electrons.